The Balaban J connectivity index is 1.87. The van der Waals surface area contributed by atoms with Crippen molar-refractivity contribution in [1.29, 1.82) is 0 Å². The summed E-state index contributed by atoms with van der Waals surface area (Å²) in [5, 5.41) is 1.13. The maximum atomic E-state index is 5.28. The van der Waals surface area contributed by atoms with E-state index in [1.54, 1.807) is 0 Å². The molecule has 1 fully saturated rings. The van der Waals surface area contributed by atoms with Gasteiger partial charge in [-0.2, -0.15) is 0 Å². The molecular formula is C16H13N3S. The molecule has 1 saturated carbocycles. The van der Waals surface area contributed by atoms with Crippen LogP contribution in [0.1, 0.15) is 24.6 Å². The summed E-state index contributed by atoms with van der Waals surface area (Å²) in [7, 11) is 0. The number of H-pyrrole nitrogens is 1. The van der Waals surface area contributed by atoms with Crippen LogP contribution in [0, 0.1) is 4.64 Å². The summed E-state index contributed by atoms with van der Waals surface area (Å²) >= 11 is 5.28. The van der Waals surface area contributed by atoms with Crippen molar-refractivity contribution in [3.63, 3.8) is 0 Å². The van der Waals surface area contributed by atoms with Gasteiger partial charge in [-0.05, 0) is 31.0 Å². The number of nitrogens with zero attached hydrogens (tertiary/aromatic N) is 2. The van der Waals surface area contributed by atoms with Gasteiger partial charge in [-0.1, -0.05) is 30.4 Å². The standard InChI is InChI=1S/C16H13N3S/c20-15-8-14(18-16(19-15)10-5-6-10)12-7-11-3-1-2-4-13(11)17-9-12/h1-4,7-10H,5-6H2,(H,18,19,20). The lowest BCUT2D eigenvalue weighted by atomic mass is 10.1. The number of hydrogen-bond donors (Lipinski definition) is 1. The maximum absolute atomic E-state index is 5.28. The zero-order valence-corrected chi connectivity index (χ0v) is 11.7. The highest BCUT2D eigenvalue weighted by molar-refractivity contribution is 7.71. The van der Waals surface area contributed by atoms with Crippen molar-refractivity contribution in [2.75, 3.05) is 0 Å². The van der Waals surface area contributed by atoms with Gasteiger partial charge in [-0.15, -0.1) is 0 Å². The number of fused-ring (bicyclic) bond motifs is 1. The first-order chi connectivity index (χ1) is 9.79. The first kappa shape index (κ1) is 11.7. The summed E-state index contributed by atoms with van der Waals surface area (Å²) in [6.45, 7) is 0. The predicted octanol–water partition coefficient (Wildman–Crippen LogP) is 4.23. The molecule has 0 bridgehead atoms. The summed E-state index contributed by atoms with van der Waals surface area (Å²) < 4.78 is 0.647. The van der Waals surface area contributed by atoms with Crippen molar-refractivity contribution in [1.82, 2.24) is 15.0 Å². The van der Waals surface area contributed by atoms with Crippen LogP contribution in [0.2, 0.25) is 0 Å². The van der Waals surface area contributed by atoms with Crippen LogP contribution in [0.5, 0.6) is 0 Å². The third-order valence-electron chi connectivity index (χ3n) is 3.63. The average Bonchev–Trinajstić information content (AvgIpc) is 3.31. The Morgan fingerprint density at radius 2 is 2.00 bits per heavy atom. The van der Waals surface area contributed by atoms with Crippen molar-refractivity contribution in [2.45, 2.75) is 18.8 Å². The fourth-order valence-corrected chi connectivity index (χ4v) is 2.62. The fourth-order valence-electron chi connectivity index (χ4n) is 2.40. The molecule has 3 nitrogen and oxygen atoms in total. The number of nitrogens with one attached hydrogen (secondary N) is 1. The molecule has 1 aliphatic rings. The summed E-state index contributed by atoms with van der Waals surface area (Å²) in [5.74, 6) is 1.57. The number of para-hydroxylation sites is 1. The third-order valence-corrected chi connectivity index (χ3v) is 3.84. The molecule has 1 N–H and O–H groups in total. The van der Waals surface area contributed by atoms with Crippen molar-refractivity contribution in [3.8, 4) is 11.3 Å². The molecular weight excluding hydrogens is 266 g/mol. The number of hydrogen-bond acceptors (Lipinski definition) is 3. The van der Waals surface area contributed by atoms with Crippen LogP contribution in [0.3, 0.4) is 0 Å². The molecule has 4 rings (SSSR count). The van der Waals surface area contributed by atoms with Crippen LogP contribution in [0.15, 0.2) is 42.6 Å². The number of pyridine rings is 1. The van der Waals surface area contributed by atoms with Crippen molar-refractivity contribution >= 4 is 23.1 Å². The average molecular weight is 279 g/mol. The van der Waals surface area contributed by atoms with Gasteiger partial charge in [-0.3, -0.25) is 4.98 Å². The van der Waals surface area contributed by atoms with E-state index in [4.69, 9.17) is 12.2 Å². The van der Waals surface area contributed by atoms with Crippen molar-refractivity contribution in [3.05, 3.63) is 53.1 Å². The van der Waals surface area contributed by atoms with E-state index >= 15 is 0 Å². The first-order valence-electron chi connectivity index (χ1n) is 6.76. The quantitative estimate of drug-likeness (QED) is 0.714. The van der Waals surface area contributed by atoms with E-state index in [1.165, 1.54) is 12.8 Å². The minimum absolute atomic E-state index is 0.560. The summed E-state index contributed by atoms with van der Waals surface area (Å²) in [5.41, 5.74) is 3.07. The van der Waals surface area contributed by atoms with Crippen LogP contribution in [0.4, 0.5) is 0 Å². The van der Waals surface area contributed by atoms with Crippen LogP contribution in [-0.2, 0) is 0 Å². The SMILES string of the molecule is S=c1cc(-c2cnc3ccccc3c2)[nH]c(C2CC2)n1. The third kappa shape index (κ3) is 2.12. The van der Waals surface area contributed by atoms with Crippen LogP contribution < -0.4 is 0 Å². The highest BCUT2D eigenvalue weighted by Gasteiger charge is 2.26. The molecule has 0 amide bonds. The van der Waals surface area contributed by atoms with Gasteiger partial charge >= 0.3 is 0 Å². The van der Waals surface area contributed by atoms with Crippen molar-refractivity contribution < 1.29 is 0 Å². The van der Waals surface area contributed by atoms with Gasteiger partial charge in [0.15, 0.2) is 0 Å². The number of aromatic amines is 1. The highest BCUT2D eigenvalue weighted by Crippen LogP contribution is 2.38. The molecule has 1 aromatic carbocycles. The Hall–Kier alpha value is -2.07. The second-order valence-electron chi connectivity index (χ2n) is 5.21. The predicted molar refractivity (Wildman–Crippen MR) is 82.1 cm³/mol. The number of rotatable bonds is 2. The van der Waals surface area contributed by atoms with Gasteiger partial charge in [0.25, 0.3) is 0 Å². The molecule has 0 unspecified atom stereocenters. The van der Waals surface area contributed by atoms with E-state index in [9.17, 15) is 0 Å². The van der Waals surface area contributed by atoms with Crippen LogP contribution >= 0.6 is 12.2 Å². The van der Waals surface area contributed by atoms with E-state index in [2.05, 4.69) is 27.1 Å². The first-order valence-corrected chi connectivity index (χ1v) is 7.17. The zero-order valence-electron chi connectivity index (χ0n) is 10.8. The Morgan fingerprint density at radius 3 is 2.85 bits per heavy atom. The van der Waals surface area contributed by atoms with E-state index in [1.807, 2.05) is 30.5 Å². The van der Waals surface area contributed by atoms with E-state index in [-0.39, 0.29) is 0 Å². The monoisotopic (exact) mass is 279 g/mol. The summed E-state index contributed by atoms with van der Waals surface area (Å²) in [4.78, 5) is 12.3. The Morgan fingerprint density at radius 1 is 1.15 bits per heavy atom. The second-order valence-corrected chi connectivity index (χ2v) is 5.63. The molecule has 0 saturated heterocycles. The molecule has 2 aromatic heterocycles. The smallest absolute Gasteiger partial charge is 0.130 e. The zero-order chi connectivity index (χ0) is 13.5. The van der Waals surface area contributed by atoms with Crippen molar-refractivity contribution in [2.24, 2.45) is 0 Å². The Kier molecular flexibility index (Phi) is 2.63. The molecule has 20 heavy (non-hydrogen) atoms. The fraction of sp³-hybridized carbons (Fsp3) is 0.188. The molecule has 0 radical (unpaired) electrons. The lowest BCUT2D eigenvalue weighted by Crippen LogP contribution is -1.95. The minimum Gasteiger partial charge on any atom is -0.343 e. The van der Waals surface area contributed by atoms with Crippen LogP contribution in [0.25, 0.3) is 22.2 Å². The van der Waals surface area contributed by atoms with E-state index < -0.39 is 0 Å². The van der Waals surface area contributed by atoms with Gasteiger partial charge in [0.05, 0.1) is 11.2 Å². The van der Waals surface area contributed by atoms with Gasteiger partial charge in [0.2, 0.25) is 0 Å². The molecule has 3 aromatic rings. The molecule has 4 heteroatoms. The maximum Gasteiger partial charge on any atom is 0.130 e. The molecule has 98 valence electrons. The van der Waals surface area contributed by atoms with Crippen LogP contribution in [-0.4, -0.2) is 15.0 Å². The minimum atomic E-state index is 0.560. The van der Waals surface area contributed by atoms with Gasteiger partial charge < -0.3 is 4.98 Å². The highest BCUT2D eigenvalue weighted by atomic mass is 32.1. The summed E-state index contributed by atoms with van der Waals surface area (Å²) in [6, 6.07) is 12.2. The van der Waals surface area contributed by atoms with Gasteiger partial charge in [0, 0.05) is 23.1 Å². The Labute approximate surface area is 121 Å². The van der Waals surface area contributed by atoms with Gasteiger partial charge in [0.1, 0.15) is 10.5 Å². The molecule has 2 heterocycles. The van der Waals surface area contributed by atoms with Gasteiger partial charge in [-0.25, -0.2) is 4.98 Å². The molecule has 1 aliphatic carbocycles. The molecule has 0 spiro atoms. The summed E-state index contributed by atoms with van der Waals surface area (Å²) in [6.07, 6.45) is 4.30. The second kappa shape index (κ2) is 4.49. The Bertz CT molecular complexity index is 849. The molecule has 0 aliphatic heterocycles. The number of benzene rings is 1. The van der Waals surface area contributed by atoms with E-state index in [0.29, 0.717) is 10.6 Å². The number of aromatic nitrogens is 3. The topological polar surface area (TPSA) is 41.6 Å². The lowest BCUT2D eigenvalue weighted by Gasteiger charge is -2.06. The van der Waals surface area contributed by atoms with E-state index in [0.717, 1.165) is 28.0 Å². The molecule has 0 atom stereocenters. The lowest BCUT2D eigenvalue weighted by molar-refractivity contribution is 0.924. The normalized spacial score (nSPS) is 14.6. The largest absolute Gasteiger partial charge is 0.343 e.